The Kier molecular flexibility index (Phi) is 4.67. The minimum Gasteiger partial charge on any atom is -0.371 e. The number of thiazole rings is 1. The Morgan fingerprint density at radius 3 is 2.94 bits per heavy atom. The van der Waals surface area contributed by atoms with E-state index >= 15 is 0 Å². The summed E-state index contributed by atoms with van der Waals surface area (Å²) in [6.45, 7) is 3.26. The van der Waals surface area contributed by atoms with Crippen LogP contribution in [0, 0.1) is 6.92 Å². The Bertz CT molecular complexity index is 439. The summed E-state index contributed by atoms with van der Waals surface area (Å²) in [4.78, 5) is 6.73. The zero-order valence-corrected chi connectivity index (χ0v) is 11.4. The third-order valence-corrected chi connectivity index (χ3v) is 4.53. The van der Waals surface area contributed by atoms with Crippen molar-refractivity contribution in [2.75, 3.05) is 13.2 Å². The summed E-state index contributed by atoms with van der Waals surface area (Å²) in [5, 5.41) is 2.05. The zero-order chi connectivity index (χ0) is 12.1. The van der Waals surface area contributed by atoms with Gasteiger partial charge < -0.3 is 10.5 Å². The van der Waals surface area contributed by atoms with Gasteiger partial charge in [0, 0.05) is 22.7 Å². The highest BCUT2D eigenvalue weighted by Gasteiger charge is 2.11. The molecule has 0 spiro atoms. The van der Waals surface area contributed by atoms with Crippen molar-refractivity contribution in [1.29, 1.82) is 0 Å². The summed E-state index contributed by atoms with van der Waals surface area (Å²) in [5.74, 6) is 0. The largest absolute Gasteiger partial charge is 0.371 e. The molecule has 0 aliphatic heterocycles. The topological polar surface area (TPSA) is 48.1 Å². The lowest BCUT2D eigenvalue weighted by Crippen LogP contribution is -2.16. The van der Waals surface area contributed by atoms with Gasteiger partial charge in [0.15, 0.2) is 0 Å². The Balaban J connectivity index is 1.83. The molecule has 5 heteroatoms. The maximum absolute atomic E-state index is 5.83. The number of rotatable bonds is 6. The fraction of sp³-hybridized carbons (Fsp3) is 0.417. The minimum atomic E-state index is 0.0308. The minimum absolute atomic E-state index is 0.0308. The highest BCUT2D eigenvalue weighted by atomic mass is 32.1. The van der Waals surface area contributed by atoms with Crippen molar-refractivity contribution in [1.82, 2.24) is 4.98 Å². The number of aromatic nitrogens is 1. The van der Waals surface area contributed by atoms with Crippen molar-refractivity contribution >= 4 is 22.7 Å². The van der Waals surface area contributed by atoms with Crippen LogP contribution in [0.15, 0.2) is 23.0 Å². The number of nitrogens with zero attached hydrogens (tertiary/aromatic N) is 1. The van der Waals surface area contributed by atoms with E-state index in [9.17, 15) is 0 Å². The molecule has 0 saturated heterocycles. The normalized spacial score (nSPS) is 12.8. The van der Waals surface area contributed by atoms with Crippen molar-refractivity contribution in [3.63, 3.8) is 0 Å². The van der Waals surface area contributed by atoms with Crippen LogP contribution in [0.2, 0.25) is 0 Å². The maximum atomic E-state index is 5.83. The number of nitrogens with two attached hydrogens (primary N) is 1. The van der Waals surface area contributed by atoms with Crippen molar-refractivity contribution in [2.24, 2.45) is 5.73 Å². The lowest BCUT2D eigenvalue weighted by Gasteiger charge is -2.14. The molecular formula is C12H16N2OS2. The zero-order valence-electron chi connectivity index (χ0n) is 9.76. The third-order valence-electron chi connectivity index (χ3n) is 2.57. The van der Waals surface area contributed by atoms with Gasteiger partial charge in [-0.15, -0.1) is 22.7 Å². The number of aryl methyl sites for hydroxylation is 1. The van der Waals surface area contributed by atoms with E-state index in [2.05, 4.69) is 16.4 Å². The summed E-state index contributed by atoms with van der Waals surface area (Å²) in [5.41, 5.74) is 8.71. The predicted octanol–water partition coefficient (Wildman–Crippen LogP) is 2.77. The highest BCUT2D eigenvalue weighted by molar-refractivity contribution is 7.10. The molecule has 92 valence electrons. The maximum Gasteiger partial charge on any atom is 0.104 e. The molecule has 0 saturated carbocycles. The molecule has 0 radical (unpaired) electrons. The quantitative estimate of drug-likeness (QED) is 0.876. The third kappa shape index (κ3) is 3.35. The molecule has 3 nitrogen and oxygen atoms in total. The van der Waals surface area contributed by atoms with Crippen molar-refractivity contribution in [2.45, 2.75) is 19.4 Å². The highest BCUT2D eigenvalue weighted by Crippen LogP contribution is 2.22. The van der Waals surface area contributed by atoms with Crippen molar-refractivity contribution in [3.8, 4) is 0 Å². The van der Waals surface area contributed by atoms with E-state index in [0.717, 1.165) is 12.1 Å². The van der Waals surface area contributed by atoms with E-state index in [1.165, 1.54) is 9.75 Å². The van der Waals surface area contributed by atoms with Gasteiger partial charge in [0.2, 0.25) is 0 Å². The molecule has 1 unspecified atom stereocenters. The van der Waals surface area contributed by atoms with E-state index < -0.39 is 0 Å². The average Bonchev–Trinajstić information content (AvgIpc) is 2.97. The van der Waals surface area contributed by atoms with Gasteiger partial charge in [0.05, 0.1) is 17.8 Å². The van der Waals surface area contributed by atoms with E-state index in [-0.39, 0.29) is 6.10 Å². The second-order valence-electron chi connectivity index (χ2n) is 3.72. The second-order valence-corrected chi connectivity index (χ2v) is 5.64. The number of thiophene rings is 1. The lowest BCUT2D eigenvalue weighted by molar-refractivity contribution is 0.0636. The Morgan fingerprint density at radius 1 is 1.47 bits per heavy atom. The first-order chi connectivity index (χ1) is 8.31. The van der Waals surface area contributed by atoms with Gasteiger partial charge in [-0.2, -0.15) is 0 Å². The van der Waals surface area contributed by atoms with Crippen LogP contribution >= 0.6 is 22.7 Å². The summed E-state index contributed by atoms with van der Waals surface area (Å²) in [7, 11) is 0. The lowest BCUT2D eigenvalue weighted by atomic mass is 10.3. The summed E-state index contributed by atoms with van der Waals surface area (Å²) < 4.78 is 5.83. The first-order valence-electron chi connectivity index (χ1n) is 5.55. The molecule has 0 aliphatic carbocycles. The van der Waals surface area contributed by atoms with Gasteiger partial charge >= 0.3 is 0 Å². The fourth-order valence-electron chi connectivity index (χ4n) is 1.60. The van der Waals surface area contributed by atoms with Gasteiger partial charge in [0.1, 0.15) is 6.10 Å². The van der Waals surface area contributed by atoms with E-state index in [4.69, 9.17) is 10.5 Å². The smallest absolute Gasteiger partial charge is 0.104 e. The monoisotopic (exact) mass is 268 g/mol. The SMILES string of the molecule is Cc1ncsc1CCOC(CN)c1cccs1. The average molecular weight is 268 g/mol. The van der Waals surface area contributed by atoms with Gasteiger partial charge in [-0.1, -0.05) is 6.07 Å². The number of hydrogen-bond acceptors (Lipinski definition) is 5. The molecule has 2 heterocycles. The van der Waals surface area contributed by atoms with Crippen LogP contribution in [0.4, 0.5) is 0 Å². The molecule has 0 amide bonds. The Labute approximate surface area is 109 Å². The fourth-order valence-corrected chi connectivity index (χ4v) is 3.15. The molecule has 2 aromatic heterocycles. The molecule has 0 bridgehead atoms. The van der Waals surface area contributed by atoms with E-state index in [0.29, 0.717) is 13.2 Å². The summed E-state index contributed by atoms with van der Waals surface area (Å²) in [6.07, 6.45) is 0.946. The van der Waals surface area contributed by atoms with Gasteiger partial charge in [-0.3, -0.25) is 0 Å². The predicted molar refractivity (Wildman–Crippen MR) is 72.6 cm³/mol. The molecule has 2 rings (SSSR count). The van der Waals surface area contributed by atoms with Crippen LogP contribution in [0.25, 0.3) is 0 Å². The van der Waals surface area contributed by atoms with Crippen LogP contribution in [-0.2, 0) is 11.2 Å². The molecule has 0 aromatic carbocycles. The summed E-state index contributed by atoms with van der Waals surface area (Å²) >= 11 is 3.38. The van der Waals surface area contributed by atoms with Crippen molar-refractivity contribution < 1.29 is 4.74 Å². The molecular weight excluding hydrogens is 252 g/mol. The van der Waals surface area contributed by atoms with Gasteiger partial charge in [0.25, 0.3) is 0 Å². The second kappa shape index (κ2) is 6.26. The number of ether oxygens (including phenoxy) is 1. The van der Waals surface area contributed by atoms with E-state index in [1.807, 2.05) is 18.5 Å². The molecule has 17 heavy (non-hydrogen) atoms. The van der Waals surface area contributed by atoms with Crippen LogP contribution in [0.5, 0.6) is 0 Å². The Hall–Kier alpha value is -0.750. The van der Waals surface area contributed by atoms with E-state index in [1.54, 1.807) is 22.7 Å². The number of hydrogen-bond donors (Lipinski definition) is 1. The van der Waals surface area contributed by atoms with Crippen molar-refractivity contribution in [3.05, 3.63) is 38.5 Å². The van der Waals surface area contributed by atoms with Crippen LogP contribution < -0.4 is 5.73 Å². The van der Waals surface area contributed by atoms with Crippen LogP contribution in [-0.4, -0.2) is 18.1 Å². The standard InChI is InChI=1S/C12H16N2OS2/c1-9-11(17-8-14-9)4-5-15-10(7-13)12-3-2-6-16-12/h2-3,6,8,10H,4-5,7,13H2,1H3. The van der Waals surface area contributed by atoms with Gasteiger partial charge in [-0.25, -0.2) is 4.98 Å². The van der Waals surface area contributed by atoms with Crippen LogP contribution in [0.1, 0.15) is 21.6 Å². The van der Waals surface area contributed by atoms with Crippen LogP contribution in [0.3, 0.4) is 0 Å². The first kappa shape index (κ1) is 12.7. The molecule has 0 fully saturated rings. The molecule has 0 aliphatic rings. The summed E-state index contributed by atoms with van der Waals surface area (Å²) in [6, 6.07) is 4.10. The Morgan fingerprint density at radius 2 is 2.35 bits per heavy atom. The molecule has 1 atom stereocenters. The van der Waals surface area contributed by atoms with Gasteiger partial charge in [-0.05, 0) is 18.4 Å². The molecule has 2 aromatic rings. The first-order valence-corrected chi connectivity index (χ1v) is 7.31. The molecule has 2 N–H and O–H groups in total.